The normalized spacial score (nSPS) is 10.8. The number of nitrogens with zero attached hydrogens (tertiary/aromatic N) is 4. The van der Waals surface area contributed by atoms with Crippen LogP contribution in [0.4, 0.5) is 11.4 Å². The van der Waals surface area contributed by atoms with E-state index in [0.717, 1.165) is 5.56 Å². The summed E-state index contributed by atoms with van der Waals surface area (Å²) in [6, 6.07) is 18.6. The molecule has 1 N–H and O–H groups in total. The Balaban J connectivity index is 1.47. The van der Waals surface area contributed by atoms with E-state index >= 15 is 0 Å². The second-order valence-corrected chi connectivity index (χ2v) is 8.92. The van der Waals surface area contributed by atoms with Crippen LogP contribution in [0.5, 0.6) is 0 Å². The van der Waals surface area contributed by atoms with Gasteiger partial charge in [-0.15, -0.1) is 10.2 Å². The largest absolute Gasteiger partial charge is 0.322 e. The molecule has 8 nitrogen and oxygen atoms in total. The first-order valence-corrected chi connectivity index (χ1v) is 11.7. The van der Waals surface area contributed by atoms with Crippen LogP contribution in [-0.2, 0) is 12.8 Å². The zero-order chi connectivity index (χ0) is 24.2. The number of nitrogens with one attached hydrogen (secondary N) is 1. The van der Waals surface area contributed by atoms with Gasteiger partial charge in [0, 0.05) is 30.1 Å². The van der Waals surface area contributed by atoms with Crippen molar-refractivity contribution in [2.45, 2.75) is 10.9 Å². The van der Waals surface area contributed by atoms with Crippen LogP contribution in [0, 0.1) is 10.1 Å². The lowest BCUT2D eigenvalue weighted by molar-refractivity contribution is -0.385. The Hall–Kier alpha value is -3.40. The molecule has 1 aromatic heterocycles. The number of amides is 1. The summed E-state index contributed by atoms with van der Waals surface area (Å²) in [6.45, 7) is 0. The molecule has 0 bridgehead atoms. The lowest BCUT2D eigenvalue weighted by atomic mass is 10.1. The number of carbonyl (C=O) groups excluding carboxylic acids is 1. The van der Waals surface area contributed by atoms with Gasteiger partial charge in [0.15, 0.2) is 11.0 Å². The highest BCUT2D eigenvalue weighted by Gasteiger charge is 2.19. The number of benzene rings is 3. The highest BCUT2D eigenvalue weighted by molar-refractivity contribution is 7.98. The maximum atomic E-state index is 12.4. The van der Waals surface area contributed by atoms with E-state index in [1.807, 2.05) is 19.2 Å². The van der Waals surface area contributed by atoms with Gasteiger partial charge >= 0.3 is 0 Å². The van der Waals surface area contributed by atoms with Gasteiger partial charge in [0.1, 0.15) is 0 Å². The first-order valence-electron chi connectivity index (χ1n) is 9.95. The minimum absolute atomic E-state index is 0.0307. The van der Waals surface area contributed by atoms with Gasteiger partial charge < -0.3 is 9.88 Å². The first kappa shape index (κ1) is 23.7. The molecule has 0 aliphatic carbocycles. The number of anilines is 1. The average Bonchev–Trinajstić information content (AvgIpc) is 3.19. The van der Waals surface area contributed by atoms with Crippen molar-refractivity contribution in [2.24, 2.45) is 7.05 Å². The second-order valence-electron chi connectivity index (χ2n) is 7.16. The first-order chi connectivity index (χ1) is 16.3. The van der Waals surface area contributed by atoms with Crippen LogP contribution in [0.1, 0.15) is 15.9 Å². The van der Waals surface area contributed by atoms with E-state index < -0.39 is 4.92 Å². The van der Waals surface area contributed by atoms with E-state index in [1.165, 1.54) is 17.8 Å². The van der Waals surface area contributed by atoms with Crippen molar-refractivity contribution >= 4 is 52.2 Å². The van der Waals surface area contributed by atoms with Gasteiger partial charge in [0.2, 0.25) is 0 Å². The third kappa shape index (κ3) is 5.06. The molecule has 0 saturated heterocycles. The molecule has 0 saturated carbocycles. The lowest BCUT2D eigenvalue weighted by Gasteiger charge is -2.08. The Morgan fingerprint density at radius 3 is 2.44 bits per heavy atom. The molecular formula is C23H17Cl2N5O3S. The summed E-state index contributed by atoms with van der Waals surface area (Å²) in [4.78, 5) is 23.3. The van der Waals surface area contributed by atoms with E-state index in [2.05, 4.69) is 15.5 Å². The number of rotatable bonds is 7. The number of halogens is 2. The predicted octanol–water partition coefficient (Wildman–Crippen LogP) is 6.24. The van der Waals surface area contributed by atoms with Gasteiger partial charge in [-0.05, 0) is 42.5 Å². The van der Waals surface area contributed by atoms with Gasteiger partial charge in [0.05, 0.1) is 26.1 Å². The molecule has 1 heterocycles. The Bertz CT molecular complexity index is 1380. The van der Waals surface area contributed by atoms with Crippen molar-refractivity contribution in [1.29, 1.82) is 0 Å². The van der Waals surface area contributed by atoms with Gasteiger partial charge in [-0.2, -0.15) is 0 Å². The second kappa shape index (κ2) is 10.3. The minimum Gasteiger partial charge on any atom is -0.322 e. The molecule has 0 unspecified atom stereocenters. The fraction of sp³-hybridized carbons (Fsp3) is 0.0870. The van der Waals surface area contributed by atoms with Crippen molar-refractivity contribution in [1.82, 2.24) is 14.8 Å². The van der Waals surface area contributed by atoms with E-state index in [0.29, 0.717) is 37.8 Å². The molecular weight excluding hydrogens is 497 g/mol. The fourth-order valence-electron chi connectivity index (χ4n) is 3.24. The number of hydrogen-bond donors (Lipinski definition) is 1. The minimum atomic E-state index is -0.448. The fourth-order valence-corrected chi connectivity index (χ4v) is 4.73. The molecule has 11 heteroatoms. The molecule has 4 aromatic rings. The van der Waals surface area contributed by atoms with Crippen molar-refractivity contribution < 1.29 is 9.72 Å². The summed E-state index contributed by atoms with van der Waals surface area (Å²) in [6.07, 6.45) is 0. The van der Waals surface area contributed by atoms with Gasteiger partial charge in [-0.1, -0.05) is 53.2 Å². The van der Waals surface area contributed by atoms with Crippen molar-refractivity contribution in [3.8, 4) is 11.4 Å². The molecule has 172 valence electrons. The summed E-state index contributed by atoms with van der Waals surface area (Å²) in [5.41, 5.74) is 2.19. The SMILES string of the molecule is Cn1c(SCc2c(Cl)cccc2[N+](=O)[O-])nnc1-c1ccc(NC(=O)c2ccccc2Cl)cc1. The summed E-state index contributed by atoms with van der Waals surface area (Å²) < 4.78 is 1.80. The zero-order valence-corrected chi connectivity index (χ0v) is 20.1. The van der Waals surface area contributed by atoms with Crippen LogP contribution in [0.2, 0.25) is 10.0 Å². The third-order valence-corrected chi connectivity index (χ3v) is 6.72. The average molecular weight is 514 g/mol. The molecule has 0 fully saturated rings. The summed E-state index contributed by atoms with van der Waals surface area (Å²) >= 11 is 13.6. The molecule has 4 rings (SSSR count). The molecule has 34 heavy (non-hydrogen) atoms. The maximum absolute atomic E-state index is 12.4. The molecule has 0 spiro atoms. The van der Waals surface area contributed by atoms with Crippen LogP contribution in [0.25, 0.3) is 11.4 Å². The van der Waals surface area contributed by atoms with E-state index in [9.17, 15) is 14.9 Å². The summed E-state index contributed by atoms with van der Waals surface area (Å²) in [5, 5.41) is 23.9. The zero-order valence-electron chi connectivity index (χ0n) is 17.7. The van der Waals surface area contributed by atoms with Crippen LogP contribution in [-0.4, -0.2) is 25.6 Å². The standard InChI is InChI=1S/C23H17Cl2N5O3S/c1-29-21(27-28-23(29)34-13-17-19(25)7-4-8-20(17)30(32)33)14-9-11-15(12-10-14)26-22(31)16-5-2-3-6-18(16)24/h2-12H,13H2,1H3,(H,26,31). The van der Waals surface area contributed by atoms with E-state index in [4.69, 9.17) is 23.2 Å². The Morgan fingerprint density at radius 2 is 1.74 bits per heavy atom. The highest BCUT2D eigenvalue weighted by atomic mass is 35.5. The van der Waals surface area contributed by atoms with Gasteiger partial charge in [-0.25, -0.2) is 0 Å². The number of carbonyl (C=O) groups is 1. The molecule has 3 aromatic carbocycles. The lowest BCUT2D eigenvalue weighted by Crippen LogP contribution is -2.12. The van der Waals surface area contributed by atoms with Crippen LogP contribution in [0.3, 0.4) is 0 Å². The Morgan fingerprint density at radius 1 is 1.03 bits per heavy atom. The number of nitro groups is 1. The number of hydrogen-bond acceptors (Lipinski definition) is 6. The topological polar surface area (TPSA) is 103 Å². The van der Waals surface area contributed by atoms with Gasteiger partial charge in [-0.3, -0.25) is 14.9 Å². The number of thioether (sulfide) groups is 1. The number of nitro benzene ring substituents is 1. The quantitative estimate of drug-likeness (QED) is 0.178. The predicted molar refractivity (Wildman–Crippen MR) is 134 cm³/mol. The molecule has 0 radical (unpaired) electrons. The Labute approximate surface area is 209 Å². The van der Waals surface area contributed by atoms with E-state index in [1.54, 1.807) is 53.1 Å². The van der Waals surface area contributed by atoms with Gasteiger partial charge in [0.25, 0.3) is 11.6 Å². The van der Waals surface area contributed by atoms with E-state index in [-0.39, 0.29) is 17.3 Å². The van der Waals surface area contributed by atoms with Crippen LogP contribution < -0.4 is 5.32 Å². The molecule has 0 aliphatic rings. The van der Waals surface area contributed by atoms with Crippen molar-refractivity contribution in [3.05, 3.63) is 98.0 Å². The summed E-state index contributed by atoms with van der Waals surface area (Å²) in [7, 11) is 1.81. The van der Waals surface area contributed by atoms with Crippen LogP contribution >= 0.6 is 35.0 Å². The summed E-state index contributed by atoms with van der Waals surface area (Å²) in [5.74, 6) is 0.583. The molecule has 0 atom stereocenters. The molecule has 1 amide bonds. The number of aromatic nitrogens is 3. The van der Waals surface area contributed by atoms with Crippen LogP contribution in [0.15, 0.2) is 71.9 Å². The third-order valence-electron chi connectivity index (χ3n) is 4.99. The molecule has 0 aliphatic heterocycles. The monoisotopic (exact) mass is 513 g/mol. The highest BCUT2D eigenvalue weighted by Crippen LogP contribution is 2.33. The van der Waals surface area contributed by atoms with Crippen molar-refractivity contribution in [2.75, 3.05) is 5.32 Å². The maximum Gasteiger partial charge on any atom is 0.274 e. The smallest absolute Gasteiger partial charge is 0.274 e. The Kier molecular flexibility index (Phi) is 7.16. The van der Waals surface area contributed by atoms with Crippen molar-refractivity contribution in [3.63, 3.8) is 0 Å².